The van der Waals surface area contributed by atoms with E-state index in [2.05, 4.69) is 5.32 Å². The number of nitrogens with two attached hydrogens (primary N) is 1. The molecule has 0 saturated carbocycles. The Morgan fingerprint density at radius 1 is 1.40 bits per heavy atom. The molecule has 0 radical (unpaired) electrons. The molecule has 0 heterocycles. The zero-order chi connectivity index (χ0) is 15.5. The Balaban J connectivity index is 2.95. The van der Waals surface area contributed by atoms with Crippen molar-refractivity contribution in [2.45, 2.75) is 31.2 Å². The summed E-state index contributed by atoms with van der Waals surface area (Å²) in [6.07, 6.45) is 1.63. The van der Waals surface area contributed by atoms with Crippen LogP contribution in [0.15, 0.2) is 23.1 Å². The number of sulfone groups is 1. The molecular weight excluding hydrogens is 300 g/mol. The predicted octanol–water partition coefficient (Wildman–Crippen LogP) is 2.06. The van der Waals surface area contributed by atoms with E-state index in [1.165, 1.54) is 18.2 Å². The van der Waals surface area contributed by atoms with E-state index in [-0.39, 0.29) is 27.4 Å². The molecule has 1 aromatic rings. The van der Waals surface area contributed by atoms with Crippen LogP contribution in [-0.2, 0) is 14.6 Å². The Morgan fingerprint density at radius 2 is 2.00 bits per heavy atom. The molecule has 0 aliphatic heterocycles. The van der Waals surface area contributed by atoms with Gasteiger partial charge in [0.25, 0.3) is 0 Å². The standard InChI is InChI=1S/C13H19ClN2O3S/c1-8(2)6-11(15)13(17)16-12-7-9(20(3,18)19)4-5-10(12)14/h4-5,7-8,11H,6,15H2,1-3H3,(H,16,17). The quantitative estimate of drug-likeness (QED) is 0.869. The first kappa shape index (κ1) is 16.9. The summed E-state index contributed by atoms with van der Waals surface area (Å²) in [7, 11) is -3.36. The molecule has 0 fully saturated rings. The van der Waals surface area contributed by atoms with Crippen molar-refractivity contribution in [3.8, 4) is 0 Å². The number of hydrogen-bond acceptors (Lipinski definition) is 4. The number of carbonyl (C=O) groups excluding carboxylic acids is 1. The molecule has 0 spiro atoms. The summed E-state index contributed by atoms with van der Waals surface area (Å²) in [5.41, 5.74) is 6.02. The molecule has 1 atom stereocenters. The largest absolute Gasteiger partial charge is 0.323 e. The lowest BCUT2D eigenvalue weighted by atomic mass is 10.0. The summed E-state index contributed by atoms with van der Waals surface area (Å²) in [4.78, 5) is 12.0. The number of anilines is 1. The van der Waals surface area contributed by atoms with Crippen molar-refractivity contribution in [2.75, 3.05) is 11.6 Å². The highest BCUT2D eigenvalue weighted by Crippen LogP contribution is 2.25. The van der Waals surface area contributed by atoms with Gasteiger partial charge in [0.05, 0.1) is 21.6 Å². The SMILES string of the molecule is CC(C)CC(N)C(=O)Nc1cc(S(C)(=O)=O)ccc1Cl. The lowest BCUT2D eigenvalue weighted by Gasteiger charge is -2.15. The Bertz CT molecular complexity index is 600. The minimum Gasteiger partial charge on any atom is -0.323 e. The van der Waals surface area contributed by atoms with Crippen molar-refractivity contribution in [1.29, 1.82) is 0 Å². The van der Waals surface area contributed by atoms with Crippen molar-refractivity contribution in [3.63, 3.8) is 0 Å². The average Bonchev–Trinajstić information content (AvgIpc) is 2.29. The van der Waals surface area contributed by atoms with Crippen LogP contribution >= 0.6 is 11.6 Å². The van der Waals surface area contributed by atoms with Gasteiger partial charge in [0.1, 0.15) is 0 Å². The van der Waals surface area contributed by atoms with Crippen LogP contribution in [0.25, 0.3) is 0 Å². The average molecular weight is 319 g/mol. The number of hydrogen-bond donors (Lipinski definition) is 2. The fourth-order valence-electron chi connectivity index (χ4n) is 1.67. The zero-order valence-corrected chi connectivity index (χ0v) is 13.3. The van der Waals surface area contributed by atoms with Crippen LogP contribution in [0.5, 0.6) is 0 Å². The molecule has 0 aliphatic carbocycles. The molecule has 0 aliphatic rings. The van der Waals surface area contributed by atoms with E-state index in [1.54, 1.807) is 0 Å². The highest BCUT2D eigenvalue weighted by atomic mass is 35.5. The third kappa shape index (κ3) is 4.77. The van der Waals surface area contributed by atoms with E-state index in [0.29, 0.717) is 6.42 Å². The normalized spacial score (nSPS) is 13.3. The monoisotopic (exact) mass is 318 g/mol. The van der Waals surface area contributed by atoms with Crippen LogP contribution in [0, 0.1) is 5.92 Å². The second kappa shape index (κ2) is 6.56. The predicted molar refractivity (Wildman–Crippen MR) is 80.6 cm³/mol. The Hall–Kier alpha value is -1.11. The zero-order valence-electron chi connectivity index (χ0n) is 11.7. The van der Waals surface area contributed by atoms with Gasteiger partial charge in [-0.15, -0.1) is 0 Å². The molecule has 20 heavy (non-hydrogen) atoms. The van der Waals surface area contributed by atoms with Gasteiger partial charge in [0.2, 0.25) is 5.91 Å². The molecule has 0 aromatic heterocycles. The summed E-state index contributed by atoms with van der Waals surface area (Å²) < 4.78 is 23.0. The smallest absolute Gasteiger partial charge is 0.241 e. The van der Waals surface area contributed by atoms with Gasteiger partial charge in [-0.25, -0.2) is 8.42 Å². The van der Waals surface area contributed by atoms with Crippen LogP contribution in [0.2, 0.25) is 5.02 Å². The second-order valence-corrected chi connectivity index (χ2v) is 7.56. The number of benzene rings is 1. The molecular formula is C13H19ClN2O3S. The Morgan fingerprint density at radius 3 is 2.50 bits per heavy atom. The lowest BCUT2D eigenvalue weighted by Crippen LogP contribution is -2.36. The maximum Gasteiger partial charge on any atom is 0.241 e. The number of nitrogens with one attached hydrogen (secondary N) is 1. The molecule has 0 bridgehead atoms. The van der Waals surface area contributed by atoms with E-state index in [0.717, 1.165) is 6.26 Å². The van der Waals surface area contributed by atoms with Crippen molar-refractivity contribution in [1.82, 2.24) is 0 Å². The molecule has 1 rings (SSSR count). The summed E-state index contributed by atoms with van der Waals surface area (Å²) in [6, 6.07) is 3.49. The van der Waals surface area contributed by atoms with Gasteiger partial charge in [0.15, 0.2) is 9.84 Å². The van der Waals surface area contributed by atoms with Crippen LogP contribution in [0.3, 0.4) is 0 Å². The first-order valence-electron chi connectivity index (χ1n) is 6.17. The van der Waals surface area contributed by atoms with Gasteiger partial charge in [-0.1, -0.05) is 25.4 Å². The van der Waals surface area contributed by atoms with E-state index in [9.17, 15) is 13.2 Å². The number of rotatable bonds is 5. The van der Waals surface area contributed by atoms with Gasteiger partial charge in [-0.2, -0.15) is 0 Å². The van der Waals surface area contributed by atoms with E-state index < -0.39 is 15.9 Å². The summed E-state index contributed by atoms with van der Waals surface area (Å²) in [5.74, 6) is -0.0974. The Labute approximate surface area is 124 Å². The number of amides is 1. The molecule has 1 amide bonds. The molecule has 3 N–H and O–H groups in total. The van der Waals surface area contributed by atoms with Crippen molar-refractivity contribution in [2.24, 2.45) is 11.7 Å². The molecule has 1 aromatic carbocycles. The highest BCUT2D eigenvalue weighted by molar-refractivity contribution is 7.90. The minimum absolute atomic E-state index is 0.0923. The van der Waals surface area contributed by atoms with Gasteiger partial charge < -0.3 is 11.1 Å². The van der Waals surface area contributed by atoms with Gasteiger partial charge in [-0.05, 0) is 30.5 Å². The van der Waals surface area contributed by atoms with Gasteiger partial charge in [0, 0.05) is 6.26 Å². The molecule has 112 valence electrons. The lowest BCUT2D eigenvalue weighted by molar-refractivity contribution is -0.117. The summed E-state index contributed by atoms with van der Waals surface area (Å²) >= 11 is 5.95. The fourth-order valence-corrected chi connectivity index (χ4v) is 2.48. The van der Waals surface area contributed by atoms with Gasteiger partial charge >= 0.3 is 0 Å². The van der Waals surface area contributed by atoms with Crippen LogP contribution in [0.1, 0.15) is 20.3 Å². The summed E-state index contributed by atoms with van der Waals surface area (Å²) in [6.45, 7) is 3.93. The molecule has 5 nitrogen and oxygen atoms in total. The van der Waals surface area contributed by atoms with E-state index in [4.69, 9.17) is 17.3 Å². The molecule has 7 heteroatoms. The van der Waals surface area contributed by atoms with Crippen LogP contribution in [0.4, 0.5) is 5.69 Å². The van der Waals surface area contributed by atoms with Crippen molar-refractivity contribution < 1.29 is 13.2 Å². The van der Waals surface area contributed by atoms with Crippen LogP contribution < -0.4 is 11.1 Å². The third-order valence-corrected chi connectivity index (χ3v) is 4.13. The molecule has 0 saturated heterocycles. The fraction of sp³-hybridized carbons (Fsp3) is 0.462. The Kier molecular flexibility index (Phi) is 5.56. The third-order valence-electron chi connectivity index (χ3n) is 2.69. The summed E-state index contributed by atoms with van der Waals surface area (Å²) in [5, 5.41) is 2.83. The van der Waals surface area contributed by atoms with E-state index >= 15 is 0 Å². The minimum atomic E-state index is -3.36. The second-order valence-electron chi connectivity index (χ2n) is 5.14. The molecule has 1 unspecified atom stereocenters. The maximum atomic E-state index is 11.9. The maximum absolute atomic E-state index is 11.9. The first-order valence-corrected chi connectivity index (χ1v) is 8.44. The van der Waals surface area contributed by atoms with E-state index in [1.807, 2.05) is 13.8 Å². The topological polar surface area (TPSA) is 89.3 Å². The number of halogens is 1. The van der Waals surface area contributed by atoms with Gasteiger partial charge in [-0.3, -0.25) is 4.79 Å². The van der Waals surface area contributed by atoms with Crippen molar-refractivity contribution in [3.05, 3.63) is 23.2 Å². The number of carbonyl (C=O) groups is 1. The van der Waals surface area contributed by atoms with Crippen molar-refractivity contribution >= 4 is 33.0 Å². The van der Waals surface area contributed by atoms with Crippen LogP contribution in [-0.4, -0.2) is 26.6 Å². The first-order chi connectivity index (χ1) is 9.11. The highest BCUT2D eigenvalue weighted by Gasteiger charge is 2.17.